The number of hydrogen-bond donors (Lipinski definition) is 4. The zero-order valence-electron chi connectivity index (χ0n) is 19.6. The maximum atomic E-state index is 13.2. The van der Waals surface area contributed by atoms with Gasteiger partial charge in [0.25, 0.3) is 5.91 Å². The molecule has 0 unspecified atom stereocenters. The van der Waals surface area contributed by atoms with Crippen molar-refractivity contribution in [3.63, 3.8) is 0 Å². The van der Waals surface area contributed by atoms with E-state index in [4.69, 9.17) is 0 Å². The predicted molar refractivity (Wildman–Crippen MR) is 132 cm³/mol. The molecule has 0 heterocycles. The van der Waals surface area contributed by atoms with E-state index < -0.39 is 5.41 Å². The van der Waals surface area contributed by atoms with Crippen LogP contribution in [0.5, 0.6) is 11.5 Å². The summed E-state index contributed by atoms with van der Waals surface area (Å²) in [6.45, 7) is 0.651. The van der Waals surface area contributed by atoms with Crippen LogP contribution in [0.25, 0.3) is 11.1 Å². The van der Waals surface area contributed by atoms with Crippen LogP contribution in [0.4, 0.5) is 5.69 Å². The Hall–Kier alpha value is -3.84. The molecule has 3 aromatic carbocycles. The summed E-state index contributed by atoms with van der Waals surface area (Å²) in [4.78, 5) is 27.0. The van der Waals surface area contributed by atoms with Gasteiger partial charge in [0, 0.05) is 31.9 Å². The summed E-state index contributed by atoms with van der Waals surface area (Å²) in [7, 11) is 5.32. The molecule has 3 aromatic rings. The number of hydrogen-bond acceptors (Lipinski definition) is 5. The summed E-state index contributed by atoms with van der Waals surface area (Å²) >= 11 is 0. The zero-order valence-corrected chi connectivity index (χ0v) is 19.6. The number of benzene rings is 3. The van der Waals surface area contributed by atoms with Crippen molar-refractivity contribution in [3.8, 4) is 22.6 Å². The largest absolute Gasteiger partial charge is 0.504 e. The maximum Gasteiger partial charge on any atom is 0.253 e. The van der Waals surface area contributed by atoms with E-state index in [9.17, 15) is 19.8 Å². The first kappa shape index (κ1) is 23.3. The van der Waals surface area contributed by atoms with Crippen LogP contribution in [0.2, 0.25) is 0 Å². The van der Waals surface area contributed by atoms with E-state index in [0.717, 1.165) is 16.7 Å². The molecule has 1 aliphatic rings. The van der Waals surface area contributed by atoms with E-state index in [-0.39, 0.29) is 23.3 Å². The molecule has 7 heteroatoms. The van der Waals surface area contributed by atoms with Gasteiger partial charge in [0.1, 0.15) is 0 Å². The topological polar surface area (TPSA) is 102 Å². The summed E-state index contributed by atoms with van der Waals surface area (Å²) in [6, 6.07) is 17.8. The van der Waals surface area contributed by atoms with Crippen LogP contribution in [-0.4, -0.2) is 48.1 Å². The van der Waals surface area contributed by atoms with Gasteiger partial charge in [-0.15, -0.1) is 0 Å². The van der Waals surface area contributed by atoms with Crippen molar-refractivity contribution >= 4 is 17.5 Å². The third-order valence-corrected chi connectivity index (χ3v) is 6.30. The Balaban J connectivity index is 1.61. The van der Waals surface area contributed by atoms with Crippen molar-refractivity contribution in [1.82, 2.24) is 10.2 Å². The Labute approximate surface area is 199 Å². The molecule has 1 aliphatic carbocycles. The molecule has 1 saturated carbocycles. The number of phenolic OH excluding ortho intramolecular Hbond substituents is 2. The Bertz CT molecular complexity index is 1230. The second-order valence-corrected chi connectivity index (χ2v) is 8.92. The van der Waals surface area contributed by atoms with Crippen molar-refractivity contribution < 1.29 is 19.8 Å². The summed E-state index contributed by atoms with van der Waals surface area (Å²) in [5.41, 5.74) is 4.24. The molecule has 0 radical (unpaired) electrons. The van der Waals surface area contributed by atoms with Crippen LogP contribution >= 0.6 is 0 Å². The molecule has 0 aromatic heterocycles. The molecule has 0 aliphatic heterocycles. The number of phenols is 2. The van der Waals surface area contributed by atoms with Gasteiger partial charge in [-0.1, -0.05) is 24.3 Å². The molecule has 4 rings (SSSR count). The van der Waals surface area contributed by atoms with E-state index in [0.29, 0.717) is 36.2 Å². The SMILES string of the molecule is CNCc1ccc(NC(=O)C2(c3ccc(O)c(O)c3)CC2)cc1-c1ccc(C(=O)N(C)C)cc1. The molecule has 0 spiro atoms. The van der Waals surface area contributed by atoms with Gasteiger partial charge in [-0.3, -0.25) is 9.59 Å². The normalized spacial score (nSPS) is 13.9. The van der Waals surface area contributed by atoms with Gasteiger partial charge in [0.05, 0.1) is 5.41 Å². The van der Waals surface area contributed by atoms with Crippen LogP contribution in [0.3, 0.4) is 0 Å². The quantitative estimate of drug-likeness (QED) is 0.402. The van der Waals surface area contributed by atoms with Gasteiger partial charge in [0.15, 0.2) is 11.5 Å². The highest BCUT2D eigenvalue weighted by Gasteiger charge is 2.51. The van der Waals surface area contributed by atoms with Gasteiger partial charge in [-0.2, -0.15) is 0 Å². The van der Waals surface area contributed by atoms with Crippen molar-refractivity contribution in [2.45, 2.75) is 24.8 Å². The molecular formula is C27H29N3O4. The molecule has 4 N–H and O–H groups in total. The van der Waals surface area contributed by atoms with E-state index in [2.05, 4.69) is 10.6 Å². The summed E-state index contributed by atoms with van der Waals surface area (Å²) < 4.78 is 0. The number of nitrogens with zero attached hydrogens (tertiary/aromatic N) is 1. The maximum absolute atomic E-state index is 13.2. The number of amides is 2. The first-order valence-electron chi connectivity index (χ1n) is 11.2. The first-order chi connectivity index (χ1) is 16.2. The second kappa shape index (κ2) is 9.19. The van der Waals surface area contributed by atoms with E-state index in [1.165, 1.54) is 12.1 Å². The van der Waals surface area contributed by atoms with E-state index in [1.54, 1.807) is 25.1 Å². The van der Waals surface area contributed by atoms with Gasteiger partial charge >= 0.3 is 0 Å². The minimum absolute atomic E-state index is 0.0574. The minimum Gasteiger partial charge on any atom is -0.504 e. The lowest BCUT2D eigenvalue weighted by Gasteiger charge is -2.18. The molecule has 0 saturated heterocycles. The van der Waals surface area contributed by atoms with Gasteiger partial charge in [-0.25, -0.2) is 0 Å². The van der Waals surface area contributed by atoms with Crippen molar-refractivity contribution in [1.29, 1.82) is 0 Å². The molecule has 176 valence electrons. The van der Waals surface area contributed by atoms with Crippen LogP contribution in [0.15, 0.2) is 60.7 Å². The van der Waals surface area contributed by atoms with Crippen LogP contribution < -0.4 is 10.6 Å². The lowest BCUT2D eigenvalue weighted by Crippen LogP contribution is -2.27. The Kier molecular flexibility index (Phi) is 6.30. The molecule has 7 nitrogen and oxygen atoms in total. The van der Waals surface area contributed by atoms with Gasteiger partial charge in [0.2, 0.25) is 5.91 Å². The monoisotopic (exact) mass is 459 g/mol. The van der Waals surface area contributed by atoms with Crippen molar-refractivity contribution in [2.24, 2.45) is 0 Å². The molecule has 1 fully saturated rings. The average molecular weight is 460 g/mol. The third-order valence-electron chi connectivity index (χ3n) is 6.30. The van der Waals surface area contributed by atoms with Gasteiger partial charge < -0.3 is 25.7 Å². The fraction of sp³-hybridized carbons (Fsp3) is 0.259. The number of aromatic hydroxyl groups is 2. The minimum atomic E-state index is -0.705. The molecule has 2 amide bonds. The highest BCUT2D eigenvalue weighted by molar-refractivity contribution is 6.02. The van der Waals surface area contributed by atoms with Crippen LogP contribution in [0.1, 0.15) is 34.3 Å². The highest BCUT2D eigenvalue weighted by Crippen LogP contribution is 2.50. The number of nitrogens with one attached hydrogen (secondary N) is 2. The number of anilines is 1. The number of rotatable bonds is 7. The smallest absolute Gasteiger partial charge is 0.253 e. The third kappa shape index (κ3) is 4.47. The number of carbonyl (C=O) groups excluding carboxylic acids is 2. The lowest BCUT2D eigenvalue weighted by atomic mass is 9.94. The molecular weight excluding hydrogens is 430 g/mol. The van der Waals surface area contributed by atoms with E-state index >= 15 is 0 Å². The summed E-state index contributed by atoms with van der Waals surface area (Å²) in [5.74, 6) is -0.635. The van der Waals surface area contributed by atoms with Crippen LogP contribution in [-0.2, 0) is 16.8 Å². The molecule has 34 heavy (non-hydrogen) atoms. The second-order valence-electron chi connectivity index (χ2n) is 8.92. The van der Waals surface area contributed by atoms with Crippen molar-refractivity contribution in [2.75, 3.05) is 26.5 Å². The number of carbonyl (C=O) groups is 2. The first-order valence-corrected chi connectivity index (χ1v) is 11.2. The van der Waals surface area contributed by atoms with E-state index in [1.807, 2.05) is 49.5 Å². The summed E-state index contributed by atoms with van der Waals surface area (Å²) in [5, 5.41) is 25.7. The molecule has 0 bridgehead atoms. The fourth-order valence-electron chi connectivity index (χ4n) is 4.16. The van der Waals surface area contributed by atoms with Crippen molar-refractivity contribution in [3.05, 3.63) is 77.4 Å². The zero-order chi connectivity index (χ0) is 24.5. The lowest BCUT2D eigenvalue weighted by molar-refractivity contribution is -0.118. The fourth-order valence-corrected chi connectivity index (χ4v) is 4.16. The van der Waals surface area contributed by atoms with Gasteiger partial charge in [-0.05, 0) is 78.5 Å². The predicted octanol–water partition coefficient (Wildman–Crippen LogP) is 3.86. The average Bonchev–Trinajstić information content (AvgIpc) is 3.64. The molecule has 0 atom stereocenters. The summed E-state index contributed by atoms with van der Waals surface area (Å²) in [6.07, 6.45) is 1.35. The Morgan fingerprint density at radius 3 is 2.24 bits per heavy atom. The highest BCUT2D eigenvalue weighted by atomic mass is 16.3. The van der Waals surface area contributed by atoms with Crippen LogP contribution in [0, 0.1) is 0 Å². The Morgan fingerprint density at radius 1 is 0.941 bits per heavy atom. The Morgan fingerprint density at radius 2 is 1.65 bits per heavy atom. The standard InChI is InChI=1S/C27H29N3O4/c1-28-16-19-8-10-21(15-22(19)17-4-6-18(7-5-17)25(33)30(2)3)29-26(34)27(12-13-27)20-9-11-23(31)24(32)14-20/h4-11,14-15,28,31-32H,12-13,16H2,1-3H3,(H,29,34).